The molecule has 1 aliphatic rings. The topological polar surface area (TPSA) is 58.4 Å². The predicted molar refractivity (Wildman–Crippen MR) is 130 cm³/mol. The summed E-state index contributed by atoms with van der Waals surface area (Å²) in [5.41, 5.74) is 4.69. The number of piperidine rings is 1. The van der Waals surface area contributed by atoms with Crippen LogP contribution in [-0.2, 0) is 19.4 Å². The molecule has 4 aromatic rings. The number of hydrogen-bond donors (Lipinski definition) is 1. The van der Waals surface area contributed by atoms with Gasteiger partial charge >= 0.3 is 0 Å². The molecule has 0 bridgehead atoms. The van der Waals surface area contributed by atoms with Gasteiger partial charge in [-0.1, -0.05) is 60.7 Å². The number of nitrogens with one attached hydrogen (secondary N) is 1. The van der Waals surface area contributed by atoms with Crippen LogP contribution in [0, 0.1) is 0 Å². The third-order valence-corrected chi connectivity index (χ3v) is 6.34. The first-order chi connectivity index (χ1) is 16.2. The predicted octanol–water partition coefficient (Wildman–Crippen LogP) is 5.01. The van der Waals surface area contributed by atoms with Gasteiger partial charge in [-0.25, -0.2) is 4.98 Å². The number of oxazole rings is 1. The fourth-order valence-electron chi connectivity index (χ4n) is 4.46. The van der Waals surface area contributed by atoms with Crippen LogP contribution >= 0.6 is 0 Å². The summed E-state index contributed by atoms with van der Waals surface area (Å²) in [6, 6.07) is 26.6. The number of amides is 1. The summed E-state index contributed by atoms with van der Waals surface area (Å²) in [5, 5.41) is 3.21. The first kappa shape index (κ1) is 21.4. The summed E-state index contributed by atoms with van der Waals surface area (Å²) in [4.78, 5) is 19.9. The van der Waals surface area contributed by atoms with Crippen molar-refractivity contribution in [3.63, 3.8) is 0 Å². The standard InChI is InChI=1S/C28H29N3O2/c32-28(29-24-15-17-31(18-16-24)20-22-9-5-2-6-10-22)23-12-13-25-26(19-23)33-27(30-25)14-11-21-7-3-1-4-8-21/h1-10,12-13,19,24H,11,14-18,20H2,(H,29,32). The van der Waals surface area contributed by atoms with Crippen LogP contribution in [0.15, 0.2) is 83.3 Å². The molecule has 0 saturated carbocycles. The number of carbonyl (C=O) groups excluding carboxylic acids is 1. The Morgan fingerprint density at radius 1 is 0.909 bits per heavy atom. The highest BCUT2D eigenvalue weighted by Gasteiger charge is 2.21. The Morgan fingerprint density at radius 3 is 2.33 bits per heavy atom. The van der Waals surface area contributed by atoms with Crippen molar-refractivity contribution in [2.24, 2.45) is 0 Å². The van der Waals surface area contributed by atoms with Crippen LogP contribution in [0.25, 0.3) is 11.1 Å². The molecule has 3 aromatic carbocycles. The van der Waals surface area contributed by atoms with Crippen molar-refractivity contribution >= 4 is 17.0 Å². The van der Waals surface area contributed by atoms with Crippen molar-refractivity contribution in [3.05, 3.63) is 101 Å². The molecule has 1 aromatic heterocycles. The van der Waals surface area contributed by atoms with Crippen molar-refractivity contribution in [2.45, 2.75) is 38.3 Å². The second kappa shape index (κ2) is 10.0. The van der Waals surface area contributed by atoms with E-state index in [4.69, 9.17) is 4.42 Å². The molecule has 1 saturated heterocycles. The van der Waals surface area contributed by atoms with Crippen molar-refractivity contribution in [1.82, 2.24) is 15.2 Å². The van der Waals surface area contributed by atoms with E-state index in [0.29, 0.717) is 17.0 Å². The molecule has 2 heterocycles. The van der Waals surface area contributed by atoms with Crippen LogP contribution in [0.2, 0.25) is 0 Å². The first-order valence-corrected chi connectivity index (χ1v) is 11.7. The van der Waals surface area contributed by atoms with Crippen LogP contribution in [-0.4, -0.2) is 34.9 Å². The van der Waals surface area contributed by atoms with Gasteiger partial charge in [0.25, 0.3) is 5.91 Å². The van der Waals surface area contributed by atoms with E-state index in [1.54, 1.807) is 0 Å². The third-order valence-electron chi connectivity index (χ3n) is 6.34. The molecule has 0 spiro atoms. The van der Waals surface area contributed by atoms with Gasteiger partial charge in [-0.3, -0.25) is 9.69 Å². The van der Waals surface area contributed by atoms with Gasteiger partial charge in [0.2, 0.25) is 0 Å². The summed E-state index contributed by atoms with van der Waals surface area (Å²) < 4.78 is 5.94. The molecule has 5 heteroatoms. The minimum absolute atomic E-state index is 0.0411. The van der Waals surface area contributed by atoms with Crippen molar-refractivity contribution < 1.29 is 9.21 Å². The zero-order valence-electron chi connectivity index (χ0n) is 18.7. The van der Waals surface area contributed by atoms with E-state index in [0.717, 1.165) is 50.8 Å². The average Bonchev–Trinajstić information content (AvgIpc) is 3.27. The molecule has 1 aliphatic heterocycles. The van der Waals surface area contributed by atoms with Crippen molar-refractivity contribution in [2.75, 3.05) is 13.1 Å². The van der Waals surface area contributed by atoms with Crippen LogP contribution in [0.5, 0.6) is 0 Å². The molecular weight excluding hydrogens is 410 g/mol. The van der Waals surface area contributed by atoms with Crippen LogP contribution < -0.4 is 5.32 Å². The molecule has 33 heavy (non-hydrogen) atoms. The van der Waals surface area contributed by atoms with Gasteiger partial charge in [0.1, 0.15) is 5.52 Å². The van der Waals surface area contributed by atoms with Gasteiger partial charge in [0, 0.05) is 37.7 Å². The molecule has 0 radical (unpaired) electrons. The van der Waals surface area contributed by atoms with Gasteiger partial charge in [-0.05, 0) is 48.6 Å². The van der Waals surface area contributed by atoms with E-state index < -0.39 is 0 Å². The van der Waals surface area contributed by atoms with Gasteiger partial charge < -0.3 is 9.73 Å². The Morgan fingerprint density at radius 2 is 1.61 bits per heavy atom. The van der Waals surface area contributed by atoms with Crippen molar-refractivity contribution in [3.8, 4) is 0 Å². The number of rotatable bonds is 7. The van der Waals surface area contributed by atoms with Gasteiger partial charge in [0.15, 0.2) is 11.5 Å². The molecular formula is C28H29N3O2. The van der Waals surface area contributed by atoms with E-state index in [-0.39, 0.29) is 11.9 Å². The van der Waals surface area contributed by atoms with Crippen molar-refractivity contribution in [1.29, 1.82) is 0 Å². The first-order valence-electron chi connectivity index (χ1n) is 11.7. The molecule has 5 nitrogen and oxygen atoms in total. The Labute approximate surface area is 194 Å². The number of carbonyl (C=O) groups is 1. The third kappa shape index (κ3) is 5.49. The summed E-state index contributed by atoms with van der Waals surface area (Å²) in [6.07, 6.45) is 3.55. The van der Waals surface area contributed by atoms with E-state index in [1.807, 2.05) is 42.5 Å². The zero-order valence-corrected chi connectivity index (χ0v) is 18.7. The number of likely N-dealkylation sites (tertiary alicyclic amines) is 1. The Hall–Kier alpha value is -3.44. The van der Waals surface area contributed by atoms with Crippen LogP contribution in [0.3, 0.4) is 0 Å². The Kier molecular flexibility index (Phi) is 6.49. The van der Waals surface area contributed by atoms with Gasteiger partial charge in [-0.2, -0.15) is 0 Å². The number of benzene rings is 3. The molecule has 0 aliphatic carbocycles. The normalized spacial score (nSPS) is 15.0. The highest BCUT2D eigenvalue weighted by atomic mass is 16.3. The lowest BCUT2D eigenvalue weighted by atomic mass is 10.0. The smallest absolute Gasteiger partial charge is 0.251 e. The SMILES string of the molecule is O=C(NC1CCN(Cc2ccccc2)CC1)c1ccc2nc(CCc3ccccc3)oc2c1. The molecule has 0 unspecified atom stereocenters. The second-order valence-corrected chi connectivity index (χ2v) is 8.79. The fraction of sp³-hybridized carbons (Fsp3) is 0.286. The molecule has 1 N–H and O–H groups in total. The maximum absolute atomic E-state index is 12.9. The number of aryl methyl sites for hydroxylation is 2. The van der Waals surface area contributed by atoms with Gasteiger partial charge in [-0.15, -0.1) is 0 Å². The maximum Gasteiger partial charge on any atom is 0.251 e. The quantitative estimate of drug-likeness (QED) is 0.440. The summed E-state index contributed by atoms with van der Waals surface area (Å²) in [5.74, 6) is 0.665. The lowest BCUT2D eigenvalue weighted by Gasteiger charge is -2.32. The summed E-state index contributed by atoms with van der Waals surface area (Å²) >= 11 is 0. The number of hydrogen-bond acceptors (Lipinski definition) is 4. The lowest BCUT2D eigenvalue weighted by molar-refractivity contribution is 0.0909. The summed E-state index contributed by atoms with van der Waals surface area (Å²) in [6.45, 7) is 2.95. The number of fused-ring (bicyclic) bond motifs is 1. The minimum atomic E-state index is -0.0411. The molecule has 5 rings (SSSR count). The number of aromatic nitrogens is 1. The van der Waals surface area contributed by atoms with E-state index in [9.17, 15) is 4.79 Å². The summed E-state index contributed by atoms with van der Waals surface area (Å²) in [7, 11) is 0. The Balaban J connectivity index is 1.15. The highest BCUT2D eigenvalue weighted by molar-refractivity contribution is 5.97. The molecule has 168 valence electrons. The average molecular weight is 440 g/mol. The maximum atomic E-state index is 12.9. The fourth-order valence-corrected chi connectivity index (χ4v) is 4.46. The second-order valence-electron chi connectivity index (χ2n) is 8.79. The van der Waals surface area contributed by atoms with Crippen LogP contribution in [0.4, 0.5) is 0 Å². The lowest BCUT2D eigenvalue weighted by Crippen LogP contribution is -2.44. The highest BCUT2D eigenvalue weighted by Crippen LogP contribution is 2.20. The monoisotopic (exact) mass is 439 g/mol. The molecule has 1 amide bonds. The van der Waals surface area contributed by atoms with Crippen LogP contribution in [0.1, 0.15) is 40.2 Å². The van der Waals surface area contributed by atoms with E-state index >= 15 is 0 Å². The zero-order chi connectivity index (χ0) is 22.5. The molecule has 1 fully saturated rings. The van der Waals surface area contributed by atoms with E-state index in [2.05, 4.69) is 51.6 Å². The Bertz CT molecular complexity index is 1200. The largest absolute Gasteiger partial charge is 0.441 e. The number of nitrogens with zero attached hydrogens (tertiary/aromatic N) is 2. The van der Waals surface area contributed by atoms with Gasteiger partial charge in [0.05, 0.1) is 0 Å². The molecule has 0 atom stereocenters. The van der Waals surface area contributed by atoms with E-state index in [1.165, 1.54) is 11.1 Å². The minimum Gasteiger partial charge on any atom is -0.441 e.